The standard InChI is InChI=1S/C27H29N5O3S2/c1-14-21(23-31-18-7-5-6-8-20(18)37-23)19(32-24(29-14)28-12-16-13-36-15(2)30-16)11-26-10-9-17-22(33)27(17,26)35-25(3,4)34-26/h5-8,13,17,22,33H,9-12H2,1-4H3,(H,28,29,32). The monoisotopic (exact) mass is 535 g/mol. The molecular weight excluding hydrogens is 506 g/mol. The molecule has 3 fully saturated rings. The second-order valence-electron chi connectivity index (χ2n) is 10.8. The van der Waals surface area contributed by atoms with Crippen molar-refractivity contribution in [2.75, 3.05) is 5.32 Å². The number of hydrogen-bond acceptors (Lipinski definition) is 10. The third-order valence-electron chi connectivity index (χ3n) is 7.91. The first kappa shape index (κ1) is 23.6. The second-order valence-corrected chi connectivity index (χ2v) is 12.9. The fourth-order valence-corrected chi connectivity index (χ4v) is 8.22. The van der Waals surface area contributed by atoms with Crippen LogP contribution in [0.3, 0.4) is 0 Å². The van der Waals surface area contributed by atoms with Gasteiger partial charge in [-0.15, -0.1) is 22.7 Å². The minimum Gasteiger partial charge on any atom is -0.390 e. The third-order valence-corrected chi connectivity index (χ3v) is 9.79. The first-order chi connectivity index (χ1) is 17.7. The average molecular weight is 536 g/mol. The highest BCUT2D eigenvalue weighted by molar-refractivity contribution is 7.21. The van der Waals surface area contributed by atoms with Crippen LogP contribution in [0.5, 0.6) is 0 Å². The molecule has 4 heterocycles. The molecule has 2 aliphatic carbocycles. The Bertz CT molecular complexity index is 1500. The number of fused-ring (bicyclic) bond motifs is 1. The minimum atomic E-state index is -0.766. The van der Waals surface area contributed by atoms with Crippen LogP contribution in [-0.4, -0.2) is 48.1 Å². The lowest BCUT2D eigenvalue weighted by Gasteiger charge is -2.31. The van der Waals surface area contributed by atoms with Gasteiger partial charge in [0, 0.05) is 17.7 Å². The van der Waals surface area contributed by atoms with Crippen LogP contribution in [0.25, 0.3) is 20.8 Å². The van der Waals surface area contributed by atoms with E-state index in [4.69, 9.17) is 24.4 Å². The molecule has 192 valence electrons. The second kappa shape index (κ2) is 8.00. The average Bonchev–Trinajstić information content (AvgIpc) is 3.32. The van der Waals surface area contributed by atoms with Crippen molar-refractivity contribution in [3.8, 4) is 10.6 Å². The topological polar surface area (TPSA) is 102 Å². The van der Waals surface area contributed by atoms with E-state index < -0.39 is 23.1 Å². The molecule has 1 aliphatic heterocycles. The van der Waals surface area contributed by atoms with E-state index in [-0.39, 0.29) is 5.92 Å². The SMILES string of the molecule is Cc1nc(CNc2nc(C)c(-c3nc4ccccc4s3)c(CC34CCC5C(O)C53OC(C)(C)O4)n2)cs1. The zero-order valence-electron chi connectivity index (χ0n) is 21.2. The van der Waals surface area contributed by atoms with Crippen LogP contribution >= 0.6 is 22.7 Å². The predicted molar refractivity (Wildman–Crippen MR) is 144 cm³/mol. The fraction of sp³-hybridized carbons (Fsp3) is 0.481. The Kier molecular flexibility index (Phi) is 5.10. The maximum atomic E-state index is 10.9. The van der Waals surface area contributed by atoms with Crippen molar-refractivity contribution in [2.24, 2.45) is 5.92 Å². The number of aryl methyl sites for hydroxylation is 2. The summed E-state index contributed by atoms with van der Waals surface area (Å²) >= 11 is 3.28. The fourth-order valence-electron chi connectivity index (χ4n) is 6.52. The summed E-state index contributed by atoms with van der Waals surface area (Å²) in [4.78, 5) is 19.4. The summed E-state index contributed by atoms with van der Waals surface area (Å²) in [6.07, 6.45) is 1.71. The molecule has 0 radical (unpaired) electrons. The quantitative estimate of drug-likeness (QED) is 0.355. The van der Waals surface area contributed by atoms with E-state index in [0.717, 1.165) is 55.7 Å². The molecule has 1 aromatic carbocycles. The number of nitrogens with zero attached hydrogens (tertiary/aromatic N) is 4. The van der Waals surface area contributed by atoms with Gasteiger partial charge in [-0.3, -0.25) is 0 Å². The van der Waals surface area contributed by atoms with Crippen molar-refractivity contribution in [3.63, 3.8) is 0 Å². The van der Waals surface area contributed by atoms with Gasteiger partial charge in [-0.25, -0.2) is 19.9 Å². The first-order valence-corrected chi connectivity index (χ1v) is 14.4. The summed E-state index contributed by atoms with van der Waals surface area (Å²) in [5.74, 6) is -0.108. The molecule has 1 spiro atoms. The number of aliphatic hydroxyl groups excluding tert-OH is 1. The number of benzene rings is 1. The number of para-hydroxylation sites is 1. The van der Waals surface area contributed by atoms with E-state index in [1.54, 1.807) is 22.7 Å². The van der Waals surface area contributed by atoms with E-state index in [0.29, 0.717) is 18.9 Å². The molecule has 0 amide bonds. The smallest absolute Gasteiger partial charge is 0.223 e. The van der Waals surface area contributed by atoms with Crippen LogP contribution in [0.1, 0.15) is 48.8 Å². The molecule has 10 heteroatoms. The molecule has 1 saturated heterocycles. The molecule has 4 unspecified atom stereocenters. The molecule has 0 bridgehead atoms. The zero-order valence-corrected chi connectivity index (χ0v) is 22.9. The predicted octanol–water partition coefficient (Wildman–Crippen LogP) is 5.03. The van der Waals surface area contributed by atoms with Gasteiger partial charge in [-0.2, -0.15) is 0 Å². The van der Waals surface area contributed by atoms with Crippen LogP contribution < -0.4 is 5.32 Å². The van der Waals surface area contributed by atoms with Gasteiger partial charge in [0.1, 0.15) is 16.2 Å². The number of thiazole rings is 2. The number of rotatable bonds is 6. The highest BCUT2D eigenvalue weighted by atomic mass is 32.1. The summed E-state index contributed by atoms with van der Waals surface area (Å²) in [7, 11) is 0. The van der Waals surface area contributed by atoms with Gasteiger partial charge in [-0.05, 0) is 52.7 Å². The molecule has 3 aliphatic rings. The highest BCUT2D eigenvalue weighted by Gasteiger charge is 2.84. The van der Waals surface area contributed by atoms with Crippen molar-refractivity contribution in [1.29, 1.82) is 0 Å². The van der Waals surface area contributed by atoms with E-state index >= 15 is 0 Å². The van der Waals surface area contributed by atoms with E-state index in [9.17, 15) is 5.11 Å². The summed E-state index contributed by atoms with van der Waals surface area (Å²) in [5.41, 5.74) is 3.27. The lowest BCUT2D eigenvalue weighted by Crippen LogP contribution is -2.45. The molecule has 3 aromatic heterocycles. The normalized spacial score (nSPS) is 29.4. The van der Waals surface area contributed by atoms with Gasteiger partial charge in [-0.1, -0.05) is 12.1 Å². The van der Waals surface area contributed by atoms with Gasteiger partial charge in [0.15, 0.2) is 5.79 Å². The zero-order chi connectivity index (χ0) is 25.6. The van der Waals surface area contributed by atoms with E-state index in [1.165, 1.54) is 0 Å². The number of anilines is 1. The van der Waals surface area contributed by atoms with Crippen LogP contribution in [0.4, 0.5) is 5.95 Å². The molecular formula is C27H29N5O3S2. The molecule has 4 aromatic rings. The Labute approximate surface area is 223 Å². The molecule has 37 heavy (non-hydrogen) atoms. The van der Waals surface area contributed by atoms with Crippen molar-refractivity contribution in [1.82, 2.24) is 19.9 Å². The third kappa shape index (κ3) is 3.57. The van der Waals surface area contributed by atoms with E-state index in [2.05, 4.69) is 16.4 Å². The van der Waals surface area contributed by atoms with Crippen molar-refractivity contribution < 1.29 is 14.6 Å². The Balaban J connectivity index is 1.32. The Morgan fingerprint density at radius 3 is 2.70 bits per heavy atom. The van der Waals surface area contributed by atoms with Gasteiger partial charge in [0.25, 0.3) is 0 Å². The summed E-state index contributed by atoms with van der Waals surface area (Å²) in [6, 6.07) is 8.15. The van der Waals surface area contributed by atoms with Crippen molar-refractivity contribution in [3.05, 3.63) is 51.7 Å². The highest BCUT2D eigenvalue weighted by Crippen LogP contribution is 2.70. The maximum Gasteiger partial charge on any atom is 0.223 e. The van der Waals surface area contributed by atoms with Crippen LogP contribution in [-0.2, 0) is 22.4 Å². The number of nitrogens with one attached hydrogen (secondary N) is 1. The Hall–Kier alpha value is -2.50. The van der Waals surface area contributed by atoms with Crippen LogP contribution in [0, 0.1) is 19.8 Å². The van der Waals surface area contributed by atoms with Crippen LogP contribution in [0.15, 0.2) is 29.6 Å². The Morgan fingerprint density at radius 2 is 1.95 bits per heavy atom. The molecule has 4 atom stereocenters. The summed E-state index contributed by atoms with van der Waals surface area (Å²) in [5, 5.41) is 18.3. The minimum absolute atomic E-state index is 0.105. The van der Waals surface area contributed by atoms with Gasteiger partial charge in [0.2, 0.25) is 5.95 Å². The summed E-state index contributed by atoms with van der Waals surface area (Å²) in [6.45, 7) is 8.43. The maximum absolute atomic E-state index is 10.9. The summed E-state index contributed by atoms with van der Waals surface area (Å²) < 4.78 is 14.2. The van der Waals surface area contributed by atoms with Crippen molar-refractivity contribution in [2.45, 2.75) is 76.6 Å². The number of ether oxygens (including phenoxy) is 2. The number of hydrogen-bond donors (Lipinski definition) is 2. The van der Waals surface area contributed by atoms with Gasteiger partial charge < -0.3 is 19.9 Å². The van der Waals surface area contributed by atoms with Crippen molar-refractivity contribution >= 4 is 38.8 Å². The largest absolute Gasteiger partial charge is 0.390 e. The van der Waals surface area contributed by atoms with Gasteiger partial charge >= 0.3 is 0 Å². The van der Waals surface area contributed by atoms with Gasteiger partial charge in [0.05, 0.1) is 50.5 Å². The Morgan fingerprint density at radius 1 is 1.11 bits per heavy atom. The molecule has 8 nitrogen and oxygen atoms in total. The lowest BCUT2D eigenvalue weighted by molar-refractivity contribution is -0.169. The first-order valence-electron chi connectivity index (χ1n) is 12.7. The molecule has 2 saturated carbocycles. The van der Waals surface area contributed by atoms with E-state index in [1.807, 2.05) is 51.3 Å². The molecule has 7 rings (SSSR count). The number of aliphatic hydroxyl groups is 1. The molecule has 2 N–H and O–H groups in total. The van der Waals surface area contributed by atoms with Crippen LogP contribution in [0.2, 0.25) is 0 Å². The lowest BCUT2D eigenvalue weighted by atomic mass is 9.87. The number of aromatic nitrogens is 4.